The van der Waals surface area contributed by atoms with E-state index in [1.54, 1.807) is 0 Å². The minimum atomic E-state index is 0.413. The van der Waals surface area contributed by atoms with Gasteiger partial charge in [-0.05, 0) is 30.6 Å². The Bertz CT molecular complexity index is 170. The van der Waals surface area contributed by atoms with Gasteiger partial charge in [0.15, 0.2) is 0 Å². The molecule has 1 unspecified atom stereocenters. The lowest BCUT2D eigenvalue weighted by atomic mass is 9.72. The zero-order valence-electron chi connectivity index (χ0n) is 7.72. The number of hydrazone groups is 1. The van der Waals surface area contributed by atoms with Crippen molar-refractivity contribution < 1.29 is 0 Å². The summed E-state index contributed by atoms with van der Waals surface area (Å²) in [5.41, 5.74) is 1.60. The summed E-state index contributed by atoms with van der Waals surface area (Å²) >= 11 is 0. The fraction of sp³-hybridized carbons (Fsp3) is 0.889. The molecule has 0 amide bonds. The molecule has 2 heteroatoms. The van der Waals surface area contributed by atoms with Crippen molar-refractivity contribution in [3.8, 4) is 0 Å². The molecule has 1 atom stereocenters. The smallest absolute Gasteiger partial charge is 0.0383 e. The Morgan fingerprint density at radius 3 is 2.64 bits per heavy atom. The van der Waals surface area contributed by atoms with Crippen LogP contribution >= 0.6 is 0 Å². The topological polar surface area (TPSA) is 38.4 Å². The van der Waals surface area contributed by atoms with Gasteiger partial charge in [0.2, 0.25) is 0 Å². The maximum absolute atomic E-state index is 5.27. The monoisotopic (exact) mass is 154 g/mol. The Morgan fingerprint density at radius 1 is 1.55 bits per heavy atom. The van der Waals surface area contributed by atoms with Crippen molar-refractivity contribution in [2.24, 2.45) is 22.3 Å². The molecule has 1 rings (SSSR count). The molecule has 0 spiro atoms. The Kier molecular flexibility index (Phi) is 2.21. The van der Waals surface area contributed by atoms with Crippen LogP contribution in [-0.2, 0) is 0 Å². The van der Waals surface area contributed by atoms with Crippen LogP contribution in [0.5, 0.6) is 0 Å². The quantitative estimate of drug-likeness (QED) is 0.421. The molecular formula is C9H18N2. The van der Waals surface area contributed by atoms with Crippen molar-refractivity contribution in [3.05, 3.63) is 0 Å². The SMILES string of the molecule is CC1C/C(=N\N)CC(C)(C)C1. The second-order valence-corrected chi connectivity index (χ2v) is 4.55. The summed E-state index contributed by atoms with van der Waals surface area (Å²) in [6, 6.07) is 0. The molecule has 1 aliphatic carbocycles. The second kappa shape index (κ2) is 2.84. The molecule has 0 saturated heterocycles. The van der Waals surface area contributed by atoms with Gasteiger partial charge in [-0.15, -0.1) is 0 Å². The van der Waals surface area contributed by atoms with Gasteiger partial charge >= 0.3 is 0 Å². The molecule has 0 aromatic rings. The van der Waals surface area contributed by atoms with Crippen LogP contribution < -0.4 is 5.84 Å². The van der Waals surface area contributed by atoms with E-state index in [0.717, 1.165) is 18.8 Å². The number of hydrogen-bond donors (Lipinski definition) is 1. The standard InChI is InChI=1S/C9H18N2/c1-7-4-8(11-10)6-9(2,3)5-7/h7H,4-6,10H2,1-3H3/b11-8+. The molecule has 0 aliphatic heterocycles. The van der Waals surface area contributed by atoms with Gasteiger partial charge in [-0.3, -0.25) is 0 Å². The molecule has 1 fully saturated rings. The first-order valence-electron chi connectivity index (χ1n) is 4.29. The third kappa shape index (κ3) is 2.21. The third-order valence-electron chi connectivity index (χ3n) is 2.35. The van der Waals surface area contributed by atoms with E-state index in [-0.39, 0.29) is 0 Å². The first kappa shape index (κ1) is 8.57. The predicted molar refractivity (Wildman–Crippen MR) is 48.4 cm³/mol. The predicted octanol–water partition coefficient (Wildman–Crippen LogP) is 2.15. The van der Waals surface area contributed by atoms with Crippen LogP contribution in [-0.4, -0.2) is 5.71 Å². The molecule has 64 valence electrons. The lowest BCUT2D eigenvalue weighted by Gasteiger charge is -2.34. The Balaban J connectivity index is 2.66. The summed E-state index contributed by atoms with van der Waals surface area (Å²) in [7, 11) is 0. The van der Waals surface area contributed by atoms with Crippen molar-refractivity contribution in [1.82, 2.24) is 0 Å². The lowest BCUT2D eigenvalue weighted by Crippen LogP contribution is -2.28. The number of nitrogens with two attached hydrogens (primary N) is 1. The average molecular weight is 154 g/mol. The van der Waals surface area contributed by atoms with Gasteiger partial charge in [0.25, 0.3) is 0 Å². The van der Waals surface area contributed by atoms with E-state index in [4.69, 9.17) is 5.84 Å². The third-order valence-corrected chi connectivity index (χ3v) is 2.35. The first-order valence-corrected chi connectivity index (χ1v) is 4.29. The molecule has 0 bridgehead atoms. The Hall–Kier alpha value is -0.530. The van der Waals surface area contributed by atoms with Crippen LogP contribution in [0, 0.1) is 11.3 Å². The summed E-state index contributed by atoms with van der Waals surface area (Å²) in [6.45, 7) is 6.84. The second-order valence-electron chi connectivity index (χ2n) is 4.55. The van der Waals surface area contributed by atoms with E-state index >= 15 is 0 Å². The van der Waals surface area contributed by atoms with Gasteiger partial charge in [0, 0.05) is 5.71 Å². The number of rotatable bonds is 0. The maximum Gasteiger partial charge on any atom is 0.0383 e. The fourth-order valence-corrected chi connectivity index (χ4v) is 2.21. The van der Waals surface area contributed by atoms with Crippen molar-refractivity contribution in [3.63, 3.8) is 0 Å². The van der Waals surface area contributed by atoms with Gasteiger partial charge in [0.05, 0.1) is 0 Å². The molecule has 2 nitrogen and oxygen atoms in total. The summed E-state index contributed by atoms with van der Waals surface area (Å²) < 4.78 is 0. The van der Waals surface area contributed by atoms with Crippen molar-refractivity contribution in [1.29, 1.82) is 0 Å². The minimum Gasteiger partial charge on any atom is -0.323 e. The molecule has 0 radical (unpaired) electrons. The van der Waals surface area contributed by atoms with Crippen LogP contribution in [0.4, 0.5) is 0 Å². The van der Waals surface area contributed by atoms with E-state index in [9.17, 15) is 0 Å². The normalized spacial score (nSPS) is 34.1. The molecule has 0 aromatic heterocycles. The van der Waals surface area contributed by atoms with Crippen LogP contribution in [0.3, 0.4) is 0 Å². The largest absolute Gasteiger partial charge is 0.323 e. The molecule has 0 aromatic carbocycles. The Labute approximate surface area is 68.9 Å². The van der Waals surface area contributed by atoms with Gasteiger partial charge in [-0.1, -0.05) is 20.8 Å². The van der Waals surface area contributed by atoms with E-state index < -0.39 is 0 Å². The van der Waals surface area contributed by atoms with Gasteiger partial charge in [0.1, 0.15) is 0 Å². The molecular weight excluding hydrogens is 136 g/mol. The van der Waals surface area contributed by atoms with E-state index in [2.05, 4.69) is 25.9 Å². The highest BCUT2D eigenvalue weighted by Gasteiger charge is 2.29. The van der Waals surface area contributed by atoms with E-state index in [1.807, 2.05) is 0 Å². The molecule has 1 aliphatic rings. The summed E-state index contributed by atoms with van der Waals surface area (Å²) in [5, 5.41) is 3.81. The first-order chi connectivity index (χ1) is 5.03. The minimum absolute atomic E-state index is 0.413. The van der Waals surface area contributed by atoms with Crippen LogP contribution in [0.15, 0.2) is 5.10 Å². The fourth-order valence-electron chi connectivity index (χ4n) is 2.21. The highest BCUT2D eigenvalue weighted by Crippen LogP contribution is 2.36. The van der Waals surface area contributed by atoms with Crippen LogP contribution in [0.1, 0.15) is 40.0 Å². The van der Waals surface area contributed by atoms with Gasteiger partial charge < -0.3 is 5.84 Å². The van der Waals surface area contributed by atoms with Crippen LogP contribution in [0.25, 0.3) is 0 Å². The number of hydrogen-bond acceptors (Lipinski definition) is 2. The van der Waals surface area contributed by atoms with Gasteiger partial charge in [-0.25, -0.2) is 0 Å². The highest BCUT2D eigenvalue weighted by atomic mass is 15.1. The zero-order chi connectivity index (χ0) is 8.48. The van der Waals surface area contributed by atoms with Crippen LogP contribution in [0.2, 0.25) is 0 Å². The van der Waals surface area contributed by atoms with Crippen molar-refractivity contribution in [2.45, 2.75) is 40.0 Å². The average Bonchev–Trinajstić information content (AvgIpc) is 1.83. The summed E-state index contributed by atoms with van der Waals surface area (Å²) in [4.78, 5) is 0. The van der Waals surface area contributed by atoms with Crippen molar-refractivity contribution >= 4 is 5.71 Å². The Morgan fingerprint density at radius 2 is 2.18 bits per heavy atom. The highest BCUT2D eigenvalue weighted by molar-refractivity contribution is 5.85. The van der Waals surface area contributed by atoms with Crippen molar-refractivity contribution in [2.75, 3.05) is 0 Å². The van der Waals surface area contributed by atoms with E-state index in [1.165, 1.54) is 12.1 Å². The van der Waals surface area contributed by atoms with Gasteiger partial charge in [-0.2, -0.15) is 5.10 Å². The molecule has 11 heavy (non-hydrogen) atoms. The molecule has 1 saturated carbocycles. The maximum atomic E-state index is 5.27. The molecule has 0 heterocycles. The molecule has 2 N–H and O–H groups in total. The summed E-state index contributed by atoms with van der Waals surface area (Å²) in [5.74, 6) is 6.03. The zero-order valence-corrected chi connectivity index (χ0v) is 7.72. The summed E-state index contributed by atoms with van der Waals surface area (Å²) in [6.07, 6.45) is 3.47. The lowest BCUT2D eigenvalue weighted by molar-refractivity contribution is 0.265. The number of nitrogens with zero attached hydrogens (tertiary/aromatic N) is 1. The van der Waals surface area contributed by atoms with E-state index in [0.29, 0.717) is 5.41 Å².